The molecule has 0 fully saturated rings. The van der Waals surface area contributed by atoms with Crippen LogP contribution in [0, 0.1) is 11.6 Å². The van der Waals surface area contributed by atoms with Gasteiger partial charge in [0.25, 0.3) is 5.91 Å². The highest BCUT2D eigenvalue weighted by molar-refractivity contribution is 6.05. The summed E-state index contributed by atoms with van der Waals surface area (Å²) in [4.78, 5) is 37.9. The lowest BCUT2D eigenvalue weighted by Crippen LogP contribution is -2.41. The largest absolute Gasteiger partial charge is 0.452 e. The van der Waals surface area contributed by atoms with Crippen LogP contribution in [0.25, 0.3) is 0 Å². The number of carbonyl (C=O) groups excluding carboxylic acids is 3. The van der Waals surface area contributed by atoms with Gasteiger partial charge >= 0.3 is 5.97 Å². The number of hydrogen-bond donors (Lipinski definition) is 1. The number of ether oxygens (including phenoxy) is 1. The first kappa shape index (κ1) is 18.5. The smallest absolute Gasteiger partial charge is 0.344 e. The maximum absolute atomic E-state index is 13.7. The number of anilines is 2. The van der Waals surface area contributed by atoms with Crippen molar-refractivity contribution in [1.82, 2.24) is 0 Å². The summed E-state index contributed by atoms with van der Waals surface area (Å²) in [5.74, 6) is -4.29. The number of rotatable bonds is 3. The molecule has 2 aromatic carbocycles. The van der Waals surface area contributed by atoms with Crippen molar-refractivity contribution in [1.29, 1.82) is 0 Å². The first-order valence-electron chi connectivity index (χ1n) is 8.20. The SMILES string of the molecule is CC1CC(=O)Nc2ccccc2N1C(=O)COC(=O)c1c(F)cccc1F. The van der Waals surface area contributed by atoms with Gasteiger partial charge in [0.05, 0.1) is 11.4 Å². The number of esters is 1. The number of nitrogens with zero attached hydrogens (tertiary/aromatic N) is 1. The van der Waals surface area contributed by atoms with Crippen molar-refractivity contribution in [3.63, 3.8) is 0 Å². The Bertz CT molecular complexity index is 896. The van der Waals surface area contributed by atoms with Crippen LogP contribution in [0.2, 0.25) is 0 Å². The van der Waals surface area contributed by atoms with E-state index in [1.54, 1.807) is 31.2 Å². The third-order valence-corrected chi connectivity index (χ3v) is 4.12. The van der Waals surface area contributed by atoms with Crippen LogP contribution < -0.4 is 10.2 Å². The van der Waals surface area contributed by atoms with Crippen molar-refractivity contribution in [2.24, 2.45) is 0 Å². The minimum atomic E-state index is -1.27. The zero-order chi connectivity index (χ0) is 19.6. The lowest BCUT2D eigenvalue weighted by Gasteiger charge is -2.27. The molecule has 1 unspecified atom stereocenters. The predicted octanol–water partition coefficient (Wildman–Crippen LogP) is 2.89. The molecule has 2 aromatic rings. The van der Waals surface area contributed by atoms with E-state index in [4.69, 9.17) is 4.74 Å². The Hall–Kier alpha value is -3.29. The van der Waals surface area contributed by atoms with E-state index in [1.165, 1.54) is 4.90 Å². The summed E-state index contributed by atoms with van der Waals surface area (Å²) in [6.07, 6.45) is 0.0519. The third-order valence-electron chi connectivity index (χ3n) is 4.12. The standard InChI is InChI=1S/C19H16F2N2O4/c1-11-9-16(24)22-14-7-2-3-8-15(14)23(11)17(25)10-27-19(26)18-12(20)5-4-6-13(18)21/h2-8,11H,9-10H2,1H3,(H,22,24). The minimum absolute atomic E-state index is 0.0519. The van der Waals surface area contributed by atoms with Crippen LogP contribution in [0.1, 0.15) is 23.7 Å². The Morgan fingerprint density at radius 2 is 1.81 bits per heavy atom. The van der Waals surface area contributed by atoms with Gasteiger partial charge in [-0.1, -0.05) is 18.2 Å². The fourth-order valence-electron chi connectivity index (χ4n) is 2.93. The zero-order valence-electron chi connectivity index (χ0n) is 14.4. The highest BCUT2D eigenvalue weighted by Crippen LogP contribution is 2.31. The highest BCUT2D eigenvalue weighted by atomic mass is 19.1. The van der Waals surface area contributed by atoms with Crippen LogP contribution in [0.5, 0.6) is 0 Å². The Labute approximate surface area is 153 Å². The maximum atomic E-state index is 13.7. The molecule has 140 valence electrons. The molecule has 0 radical (unpaired) electrons. The fraction of sp³-hybridized carbons (Fsp3) is 0.211. The van der Waals surface area contributed by atoms with Gasteiger partial charge in [0.15, 0.2) is 6.61 Å². The van der Waals surface area contributed by atoms with Crippen LogP contribution in [0.4, 0.5) is 20.2 Å². The van der Waals surface area contributed by atoms with Crippen LogP contribution >= 0.6 is 0 Å². The Kier molecular flexibility index (Phi) is 5.16. The molecular weight excluding hydrogens is 358 g/mol. The number of amides is 2. The van der Waals surface area contributed by atoms with Gasteiger partial charge < -0.3 is 15.0 Å². The summed E-state index contributed by atoms with van der Waals surface area (Å²) in [5.41, 5.74) is 0.0482. The Morgan fingerprint density at radius 3 is 2.52 bits per heavy atom. The first-order valence-corrected chi connectivity index (χ1v) is 8.20. The zero-order valence-corrected chi connectivity index (χ0v) is 14.4. The molecule has 0 aliphatic carbocycles. The predicted molar refractivity (Wildman–Crippen MR) is 93.3 cm³/mol. The minimum Gasteiger partial charge on any atom is -0.452 e. The molecule has 1 heterocycles. The second-order valence-corrected chi connectivity index (χ2v) is 6.06. The van der Waals surface area contributed by atoms with E-state index in [0.717, 1.165) is 18.2 Å². The molecule has 1 aliphatic heterocycles. The summed E-state index contributed by atoms with van der Waals surface area (Å²) < 4.78 is 32.1. The third kappa shape index (κ3) is 3.79. The number of nitrogens with one attached hydrogen (secondary N) is 1. The van der Waals surface area contributed by atoms with E-state index in [9.17, 15) is 23.2 Å². The lowest BCUT2D eigenvalue weighted by atomic mass is 10.1. The molecule has 1 aliphatic rings. The monoisotopic (exact) mass is 374 g/mol. The van der Waals surface area contributed by atoms with Gasteiger partial charge in [0.1, 0.15) is 17.2 Å². The quantitative estimate of drug-likeness (QED) is 0.839. The summed E-state index contributed by atoms with van der Waals surface area (Å²) >= 11 is 0. The number of halogens is 2. The van der Waals surface area contributed by atoms with Crippen molar-refractivity contribution in [2.75, 3.05) is 16.8 Å². The van der Waals surface area contributed by atoms with Crippen LogP contribution in [-0.2, 0) is 14.3 Å². The van der Waals surface area contributed by atoms with Gasteiger partial charge in [-0.05, 0) is 31.2 Å². The molecule has 1 N–H and O–H groups in total. The van der Waals surface area contributed by atoms with Crippen molar-refractivity contribution < 1.29 is 27.9 Å². The van der Waals surface area contributed by atoms with E-state index >= 15 is 0 Å². The van der Waals surface area contributed by atoms with Gasteiger partial charge in [-0.15, -0.1) is 0 Å². The van der Waals surface area contributed by atoms with E-state index in [-0.39, 0.29) is 12.3 Å². The van der Waals surface area contributed by atoms with Crippen molar-refractivity contribution in [2.45, 2.75) is 19.4 Å². The summed E-state index contributed by atoms with van der Waals surface area (Å²) in [6.45, 7) is 0.956. The van der Waals surface area contributed by atoms with Gasteiger partial charge in [-0.3, -0.25) is 9.59 Å². The van der Waals surface area contributed by atoms with Crippen LogP contribution in [0.3, 0.4) is 0 Å². The molecular formula is C19H16F2N2O4. The first-order chi connectivity index (χ1) is 12.9. The molecule has 3 rings (SSSR count). The van der Waals surface area contributed by atoms with E-state index < -0.39 is 41.7 Å². The van der Waals surface area contributed by atoms with Gasteiger partial charge in [-0.2, -0.15) is 0 Å². The van der Waals surface area contributed by atoms with E-state index in [0.29, 0.717) is 11.4 Å². The second kappa shape index (κ2) is 7.53. The van der Waals surface area contributed by atoms with Crippen LogP contribution in [-0.4, -0.2) is 30.4 Å². The molecule has 8 heteroatoms. The number of hydrogen-bond acceptors (Lipinski definition) is 4. The topological polar surface area (TPSA) is 75.7 Å². The summed E-state index contributed by atoms with van der Waals surface area (Å²) in [6, 6.07) is 9.16. The fourth-order valence-corrected chi connectivity index (χ4v) is 2.93. The molecule has 0 saturated heterocycles. The lowest BCUT2D eigenvalue weighted by molar-refractivity contribution is -0.122. The van der Waals surface area contributed by atoms with E-state index in [1.807, 2.05) is 0 Å². The molecule has 0 bridgehead atoms. The molecule has 0 aromatic heterocycles. The van der Waals surface area contributed by atoms with Crippen molar-refractivity contribution >= 4 is 29.2 Å². The number of fused-ring (bicyclic) bond motifs is 1. The molecule has 2 amide bonds. The summed E-state index contributed by atoms with van der Waals surface area (Å²) in [5, 5.41) is 2.70. The molecule has 1 atom stereocenters. The number of carbonyl (C=O) groups is 3. The second-order valence-electron chi connectivity index (χ2n) is 6.06. The summed E-state index contributed by atoms with van der Waals surface area (Å²) in [7, 11) is 0. The maximum Gasteiger partial charge on any atom is 0.344 e. The molecule has 27 heavy (non-hydrogen) atoms. The van der Waals surface area contributed by atoms with E-state index in [2.05, 4.69) is 5.32 Å². The average Bonchev–Trinajstić information content (AvgIpc) is 2.73. The van der Waals surface area contributed by atoms with Crippen molar-refractivity contribution in [3.05, 3.63) is 59.7 Å². The van der Waals surface area contributed by atoms with Crippen LogP contribution in [0.15, 0.2) is 42.5 Å². The van der Waals surface area contributed by atoms with Crippen molar-refractivity contribution in [3.8, 4) is 0 Å². The highest BCUT2D eigenvalue weighted by Gasteiger charge is 2.30. The average molecular weight is 374 g/mol. The molecule has 0 saturated carbocycles. The molecule has 0 spiro atoms. The van der Waals surface area contributed by atoms with Gasteiger partial charge in [0, 0.05) is 12.5 Å². The number of para-hydroxylation sites is 2. The van der Waals surface area contributed by atoms with Gasteiger partial charge in [0.2, 0.25) is 5.91 Å². The normalized spacial score (nSPS) is 16.2. The molecule has 6 nitrogen and oxygen atoms in total. The van der Waals surface area contributed by atoms with Gasteiger partial charge in [-0.25, -0.2) is 13.6 Å². The number of benzene rings is 2. The Morgan fingerprint density at radius 1 is 1.15 bits per heavy atom. The Balaban J connectivity index is 1.79.